The Morgan fingerprint density at radius 2 is 1.68 bits per heavy atom. The lowest BCUT2D eigenvalue weighted by Gasteiger charge is -2.21. The molecule has 0 fully saturated rings. The van der Waals surface area contributed by atoms with Gasteiger partial charge in [0.25, 0.3) is 0 Å². The number of ether oxygens (including phenoxy) is 1. The first kappa shape index (κ1) is 19.5. The van der Waals surface area contributed by atoms with Gasteiger partial charge in [-0.25, -0.2) is 0 Å². The highest BCUT2D eigenvalue weighted by atomic mass is 79.9. The van der Waals surface area contributed by atoms with E-state index in [9.17, 15) is 19.8 Å². The summed E-state index contributed by atoms with van der Waals surface area (Å²) < 4.78 is 5.78. The molecule has 0 aliphatic heterocycles. The predicted octanol–water partition coefficient (Wildman–Crippen LogP) is 4.62. The van der Waals surface area contributed by atoms with Crippen molar-refractivity contribution in [3.8, 4) is 11.5 Å². The molecule has 2 rings (SSSR count). The fraction of sp³-hybridized carbons (Fsp3) is 0.222. The molecule has 1 atom stereocenters. The first-order chi connectivity index (χ1) is 11.8. The van der Waals surface area contributed by atoms with Gasteiger partial charge in [-0.3, -0.25) is 9.59 Å². The number of esters is 2. The maximum absolute atomic E-state index is 12.2. The van der Waals surface area contributed by atoms with Gasteiger partial charge in [-0.05, 0) is 39.7 Å². The van der Waals surface area contributed by atoms with Gasteiger partial charge in [0.15, 0.2) is 0 Å². The molecule has 7 heteroatoms. The predicted molar refractivity (Wildman–Crippen MR) is 99.5 cm³/mol. The van der Waals surface area contributed by atoms with Crippen LogP contribution in [0.1, 0.15) is 36.8 Å². The maximum atomic E-state index is 12.2. The molecule has 5 nitrogen and oxygen atoms in total. The molecule has 0 aromatic heterocycles. The highest BCUT2D eigenvalue weighted by Gasteiger charge is 2.27. The van der Waals surface area contributed by atoms with E-state index in [4.69, 9.17) is 4.74 Å². The smallest absolute Gasteiger partial charge is 0.314 e. The summed E-state index contributed by atoms with van der Waals surface area (Å²) in [6.45, 7) is 1.60. The second-order valence-corrected chi connectivity index (χ2v) is 6.96. The minimum absolute atomic E-state index is 0.00652. The Balaban J connectivity index is 2.51. The van der Waals surface area contributed by atoms with E-state index in [-0.39, 0.29) is 24.3 Å². The van der Waals surface area contributed by atoms with Crippen molar-refractivity contribution in [3.63, 3.8) is 0 Å². The fourth-order valence-corrected chi connectivity index (χ4v) is 3.62. The Kier molecular flexibility index (Phi) is 6.61. The summed E-state index contributed by atoms with van der Waals surface area (Å²) in [5.74, 6) is -1.96. The first-order valence-electron chi connectivity index (χ1n) is 7.53. The van der Waals surface area contributed by atoms with Gasteiger partial charge in [-0.15, -0.1) is 0 Å². The highest BCUT2D eigenvalue weighted by molar-refractivity contribution is 9.11. The summed E-state index contributed by atoms with van der Waals surface area (Å²) in [7, 11) is 0. The van der Waals surface area contributed by atoms with Crippen LogP contribution in [-0.2, 0) is 14.3 Å². The van der Waals surface area contributed by atoms with Crippen molar-refractivity contribution in [2.75, 3.05) is 0 Å². The lowest BCUT2D eigenvalue weighted by atomic mass is 9.87. The minimum Gasteiger partial charge on any atom is -0.508 e. The molecule has 0 aliphatic carbocycles. The van der Waals surface area contributed by atoms with Gasteiger partial charge in [-0.2, -0.15) is 0 Å². The zero-order valence-electron chi connectivity index (χ0n) is 13.3. The average molecular weight is 472 g/mol. The zero-order chi connectivity index (χ0) is 18.6. The standard InChI is InChI=1S/C18H16Br2O5/c1-2-15(23)25-16(24)9-11(10-5-3-8-14(22)18(10)20)17-12(19)6-4-7-13(17)21/h3-8,11,21-22H,2,9H2,1H3. The summed E-state index contributed by atoms with van der Waals surface area (Å²) in [5.41, 5.74) is 1.05. The van der Waals surface area contributed by atoms with Gasteiger partial charge in [0, 0.05) is 22.4 Å². The highest BCUT2D eigenvalue weighted by Crippen LogP contribution is 2.43. The molecular formula is C18H16Br2O5. The molecule has 2 aromatic carbocycles. The van der Waals surface area contributed by atoms with Crippen LogP contribution in [-0.4, -0.2) is 22.2 Å². The van der Waals surface area contributed by atoms with Crippen LogP contribution in [0, 0.1) is 0 Å². The molecule has 0 radical (unpaired) electrons. The Labute approximate surface area is 161 Å². The van der Waals surface area contributed by atoms with Crippen LogP contribution in [0.4, 0.5) is 0 Å². The van der Waals surface area contributed by atoms with Crippen LogP contribution in [0.25, 0.3) is 0 Å². The fourth-order valence-electron chi connectivity index (χ4n) is 2.45. The molecule has 0 bridgehead atoms. The summed E-state index contributed by atoms with van der Waals surface area (Å²) >= 11 is 6.70. The van der Waals surface area contributed by atoms with Crippen LogP contribution >= 0.6 is 31.9 Å². The third kappa shape index (κ3) is 4.61. The SMILES string of the molecule is CCC(=O)OC(=O)CC(c1cccc(O)c1Br)c1c(O)cccc1Br. The quantitative estimate of drug-likeness (QED) is 0.490. The first-order valence-corrected chi connectivity index (χ1v) is 9.12. The minimum atomic E-state index is -0.706. The van der Waals surface area contributed by atoms with E-state index in [1.165, 1.54) is 12.1 Å². The van der Waals surface area contributed by atoms with Crippen LogP contribution in [0.2, 0.25) is 0 Å². The van der Waals surface area contributed by atoms with Crippen LogP contribution in [0.15, 0.2) is 45.3 Å². The molecule has 132 valence electrons. The van der Waals surface area contributed by atoms with Gasteiger partial charge in [0.1, 0.15) is 11.5 Å². The summed E-state index contributed by atoms with van der Waals surface area (Å²) in [6, 6.07) is 9.77. The monoisotopic (exact) mass is 470 g/mol. The average Bonchev–Trinajstić information content (AvgIpc) is 2.56. The van der Waals surface area contributed by atoms with E-state index in [0.29, 0.717) is 20.1 Å². The number of carbonyl (C=O) groups excluding carboxylic acids is 2. The van der Waals surface area contributed by atoms with Crippen molar-refractivity contribution < 1.29 is 24.5 Å². The van der Waals surface area contributed by atoms with Crippen molar-refractivity contribution in [2.45, 2.75) is 25.7 Å². The van der Waals surface area contributed by atoms with Crippen LogP contribution in [0.3, 0.4) is 0 Å². The summed E-state index contributed by atoms with van der Waals surface area (Å²) in [6.07, 6.45) is -0.0868. The van der Waals surface area contributed by atoms with E-state index in [2.05, 4.69) is 31.9 Å². The summed E-state index contributed by atoms with van der Waals surface area (Å²) in [4.78, 5) is 23.6. The normalized spacial score (nSPS) is 11.8. The number of halogens is 2. The van der Waals surface area contributed by atoms with Crippen molar-refractivity contribution >= 4 is 43.8 Å². The van der Waals surface area contributed by atoms with Gasteiger partial charge >= 0.3 is 11.9 Å². The maximum Gasteiger partial charge on any atom is 0.314 e. The van der Waals surface area contributed by atoms with Gasteiger partial charge in [0.2, 0.25) is 0 Å². The number of hydrogen-bond donors (Lipinski definition) is 2. The van der Waals surface area contributed by atoms with E-state index in [0.717, 1.165) is 0 Å². The Morgan fingerprint density at radius 1 is 1.04 bits per heavy atom. The molecular weight excluding hydrogens is 456 g/mol. The molecule has 2 N–H and O–H groups in total. The van der Waals surface area contributed by atoms with Crippen molar-refractivity contribution in [1.29, 1.82) is 0 Å². The summed E-state index contributed by atoms with van der Waals surface area (Å²) in [5, 5.41) is 20.3. The van der Waals surface area contributed by atoms with E-state index >= 15 is 0 Å². The van der Waals surface area contributed by atoms with E-state index < -0.39 is 17.9 Å². The van der Waals surface area contributed by atoms with Crippen molar-refractivity contribution in [1.82, 2.24) is 0 Å². The number of phenolic OH excluding ortho intramolecular Hbond substituents is 2. The Morgan fingerprint density at radius 3 is 2.32 bits per heavy atom. The molecule has 0 spiro atoms. The molecule has 25 heavy (non-hydrogen) atoms. The van der Waals surface area contributed by atoms with Gasteiger partial charge in [-0.1, -0.05) is 41.1 Å². The Bertz CT molecular complexity index is 784. The van der Waals surface area contributed by atoms with Crippen LogP contribution < -0.4 is 0 Å². The molecule has 0 heterocycles. The molecule has 0 amide bonds. The van der Waals surface area contributed by atoms with E-state index in [1.807, 2.05) is 0 Å². The van der Waals surface area contributed by atoms with Crippen LogP contribution in [0.5, 0.6) is 11.5 Å². The van der Waals surface area contributed by atoms with Gasteiger partial charge < -0.3 is 14.9 Å². The number of benzene rings is 2. The lowest BCUT2D eigenvalue weighted by molar-refractivity contribution is -0.159. The second kappa shape index (κ2) is 8.49. The topological polar surface area (TPSA) is 83.8 Å². The zero-order valence-corrected chi connectivity index (χ0v) is 16.5. The third-order valence-corrected chi connectivity index (χ3v) is 5.20. The molecule has 0 saturated carbocycles. The third-order valence-electron chi connectivity index (χ3n) is 3.65. The second-order valence-electron chi connectivity index (χ2n) is 5.31. The number of aromatic hydroxyl groups is 2. The number of phenols is 2. The number of carbonyl (C=O) groups is 2. The molecule has 0 saturated heterocycles. The van der Waals surface area contributed by atoms with E-state index in [1.54, 1.807) is 31.2 Å². The largest absolute Gasteiger partial charge is 0.508 e. The lowest BCUT2D eigenvalue weighted by Crippen LogP contribution is -2.16. The van der Waals surface area contributed by atoms with Crippen molar-refractivity contribution in [2.24, 2.45) is 0 Å². The van der Waals surface area contributed by atoms with Crippen molar-refractivity contribution in [3.05, 3.63) is 56.5 Å². The molecule has 1 unspecified atom stereocenters. The molecule has 2 aromatic rings. The Hall–Kier alpha value is -1.86. The molecule has 0 aliphatic rings. The number of rotatable bonds is 5. The van der Waals surface area contributed by atoms with Gasteiger partial charge in [0.05, 0.1) is 10.9 Å². The number of hydrogen-bond acceptors (Lipinski definition) is 5.